The zero-order chi connectivity index (χ0) is 11.4. The summed E-state index contributed by atoms with van der Waals surface area (Å²) in [7, 11) is 0. The summed E-state index contributed by atoms with van der Waals surface area (Å²) in [5.74, 6) is 0. The highest BCUT2D eigenvalue weighted by atomic mass is 16.3. The highest BCUT2D eigenvalue weighted by molar-refractivity contribution is 5.30. The Morgan fingerprint density at radius 2 is 2.13 bits per heavy atom. The molecule has 1 aromatic rings. The molecule has 3 N–H and O–H groups in total. The lowest BCUT2D eigenvalue weighted by molar-refractivity contribution is 0.277. The van der Waals surface area contributed by atoms with Crippen molar-refractivity contribution in [3.05, 3.63) is 27.0 Å². The van der Waals surface area contributed by atoms with Gasteiger partial charge in [0.05, 0.1) is 0 Å². The fourth-order valence-corrected chi connectivity index (χ4v) is 1.33. The molecular weight excluding hydrogens is 198 g/mol. The summed E-state index contributed by atoms with van der Waals surface area (Å²) in [6.07, 6.45) is 1.71. The van der Waals surface area contributed by atoms with Gasteiger partial charge in [-0.3, -0.25) is 13.9 Å². The van der Waals surface area contributed by atoms with Crippen LogP contribution < -0.4 is 17.0 Å². The average Bonchev–Trinajstić information content (AvgIpc) is 2.23. The highest BCUT2D eigenvalue weighted by Gasteiger charge is 2.07. The first kappa shape index (κ1) is 11.5. The topological polar surface area (TPSA) is 90.2 Å². The lowest BCUT2D eigenvalue weighted by atomic mass is 10.4. The van der Waals surface area contributed by atoms with E-state index in [1.807, 2.05) is 0 Å². The number of aliphatic hydroxyl groups is 1. The number of hydrogen-bond donors (Lipinski definition) is 2. The smallest absolute Gasteiger partial charge is 0.331 e. The van der Waals surface area contributed by atoms with Gasteiger partial charge in [0.15, 0.2) is 0 Å². The van der Waals surface area contributed by atoms with Crippen molar-refractivity contribution < 1.29 is 5.11 Å². The van der Waals surface area contributed by atoms with Crippen molar-refractivity contribution in [2.45, 2.75) is 26.4 Å². The van der Waals surface area contributed by atoms with Gasteiger partial charge >= 0.3 is 5.69 Å². The third kappa shape index (κ3) is 2.27. The van der Waals surface area contributed by atoms with E-state index in [2.05, 4.69) is 0 Å². The predicted octanol–water partition coefficient (Wildman–Crippen LogP) is -1.01. The molecule has 1 heterocycles. The molecule has 0 radical (unpaired) electrons. The van der Waals surface area contributed by atoms with Gasteiger partial charge < -0.3 is 10.8 Å². The van der Waals surface area contributed by atoms with Gasteiger partial charge in [-0.1, -0.05) is 0 Å². The van der Waals surface area contributed by atoms with Crippen molar-refractivity contribution in [3.8, 4) is 0 Å². The largest absolute Gasteiger partial charge is 0.396 e. The van der Waals surface area contributed by atoms with Gasteiger partial charge in [0, 0.05) is 25.9 Å². The average molecular weight is 213 g/mol. The van der Waals surface area contributed by atoms with Crippen LogP contribution in [0, 0.1) is 0 Å². The number of rotatable bonds is 4. The number of nitrogens with zero attached hydrogens (tertiary/aromatic N) is 2. The maximum absolute atomic E-state index is 11.7. The second kappa shape index (κ2) is 4.79. The molecule has 0 fully saturated rings. The standard InChI is InChI=1S/C9H15N3O3/c1-2-11-6-7(10)8(14)12(9(11)15)4-3-5-13/h6,13H,2-5,10H2,1H3. The molecule has 1 rings (SSSR count). The van der Waals surface area contributed by atoms with E-state index in [9.17, 15) is 9.59 Å². The van der Waals surface area contributed by atoms with Gasteiger partial charge in [0.25, 0.3) is 5.56 Å². The van der Waals surface area contributed by atoms with Gasteiger partial charge in [-0.05, 0) is 13.3 Å². The third-order valence-electron chi connectivity index (χ3n) is 2.14. The molecule has 6 nitrogen and oxygen atoms in total. The number of aryl methyl sites for hydroxylation is 1. The Kier molecular flexibility index (Phi) is 3.68. The van der Waals surface area contributed by atoms with Crippen LogP contribution in [0.2, 0.25) is 0 Å². The Hall–Kier alpha value is -1.56. The zero-order valence-electron chi connectivity index (χ0n) is 8.64. The zero-order valence-corrected chi connectivity index (χ0v) is 8.64. The van der Waals surface area contributed by atoms with Gasteiger partial charge in [-0.15, -0.1) is 0 Å². The molecule has 15 heavy (non-hydrogen) atoms. The molecule has 0 unspecified atom stereocenters. The Morgan fingerprint density at radius 1 is 1.47 bits per heavy atom. The Morgan fingerprint density at radius 3 is 2.67 bits per heavy atom. The number of anilines is 1. The van der Waals surface area contributed by atoms with E-state index < -0.39 is 5.56 Å². The number of hydrogen-bond acceptors (Lipinski definition) is 4. The fraction of sp³-hybridized carbons (Fsp3) is 0.556. The molecule has 0 aliphatic rings. The number of aromatic nitrogens is 2. The minimum Gasteiger partial charge on any atom is -0.396 e. The van der Waals surface area contributed by atoms with Gasteiger partial charge in [0.2, 0.25) is 0 Å². The number of nitrogen functional groups attached to an aromatic ring is 1. The second-order valence-electron chi connectivity index (χ2n) is 3.19. The van der Waals surface area contributed by atoms with Crippen molar-refractivity contribution in [2.24, 2.45) is 0 Å². The molecule has 0 bridgehead atoms. The molecule has 0 aliphatic heterocycles. The van der Waals surface area contributed by atoms with E-state index in [1.165, 1.54) is 10.8 Å². The van der Waals surface area contributed by atoms with Crippen molar-refractivity contribution >= 4 is 5.69 Å². The predicted molar refractivity (Wildman–Crippen MR) is 56.8 cm³/mol. The summed E-state index contributed by atoms with van der Waals surface area (Å²) in [6, 6.07) is 0. The van der Waals surface area contributed by atoms with Crippen LogP contribution in [0.15, 0.2) is 15.8 Å². The molecule has 0 atom stereocenters. The molecular formula is C9H15N3O3. The monoisotopic (exact) mass is 213 g/mol. The van der Waals surface area contributed by atoms with Crippen LogP contribution in [-0.2, 0) is 13.1 Å². The summed E-state index contributed by atoms with van der Waals surface area (Å²) in [5, 5.41) is 8.65. The molecule has 1 aromatic heterocycles. The Bertz CT molecular complexity index is 447. The first-order valence-electron chi connectivity index (χ1n) is 4.82. The van der Waals surface area contributed by atoms with Crippen LogP contribution in [0.25, 0.3) is 0 Å². The lowest BCUT2D eigenvalue weighted by Gasteiger charge is -2.08. The maximum atomic E-state index is 11.7. The van der Waals surface area contributed by atoms with E-state index in [0.717, 1.165) is 4.57 Å². The summed E-state index contributed by atoms with van der Waals surface area (Å²) in [4.78, 5) is 23.2. The van der Waals surface area contributed by atoms with Crippen LogP contribution in [-0.4, -0.2) is 20.8 Å². The molecule has 0 aromatic carbocycles. The molecule has 0 saturated carbocycles. The maximum Gasteiger partial charge on any atom is 0.331 e. The quantitative estimate of drug-likeness (QED) is 0.670. The van der Waals surface area contributed by atoms with Crippen molar-refractivity contribution in [3.63, 3.8) is 0 Å². The van der Waals surface area contributed by atoms with Gasteiger partial charge in [0.1, 0.15) is 5.69 Å². The minimum absolute atomic E-state index is 0.0504. The summed E-state index contributed by atoms with van der Waals surface area (Å²) in [6.45, 7) is 2.39. The van der Waals surface area contributed by atoms with E-state index >= 15 is 0 Å². The van der Waals surface area contributed by atoms with E-state index in [-0.39, 0.29) is 24.5 Å². The van der Waals surface area contributed by atoms with E-state index in [4.69, 9.17) is 10.8 Å². The molecule has 6 heteroatoms. The first-order chi connectivity index (χ1) is 7.11. The van der Waals surface area contributed by atoms with Crippen LogP contribution in [0.1, 0.15) is 13.3 Å². The Balaban J connectivity index is 3.28. The molecule has 0 spiro atoms. The van der Waals surface area contributed by atoms with Crippen LogP contribution in [0.4, 0.5) is 5.69 Å². The van der Waals surface area contributed by atoms with Gasteiger partial charge in [-0.25, -0.2) is 4.79 Å². The van der Waals surface area contributed by atoms with Gasteiger partial charge in [-0.2, -0.15) is 0 Å². The number of nitrogens with two attached hydrogens (primary N) is 1. The van der Waals surface area contributed by atoms with Crippen molar-refractivity contribution in [2.75, 3.05) is 12.3 Å². The van der Waals surface area contributed by atoms with E-state index in [1.54, 1.807) is 6.92 Å². The van der Waals surface area contributed by atoms with Crippen LogP contribution >= 0.6 is 0 Å². The van der Waals surface area contributed by atoms with Crippen molar-refractivity contribution in [1.29, 1.82) is 0 Å². The molecule has 0 saturated heterocycles. The highest BCUT2D eigenvalue weighted by Crippen LogP contribution is 1.90. The van der Waals surface area contributed by atoms with E-state index in [0.29, 0.717) is 13.0 Å². The SMILES string of the molecule is CCn1cc(N)c(=O)n(CCCO)c1=O. The molecule has 0 aliphatic carbocycles. The first-order valence-corrected chi connectivity index (χ1v) is 4.82. The molecule has 84 valence electrons. The summed E-state index contributed by atoms with van der Waals surface area (Å²) >= 11 is 0. The minimum atomic E-state index is -0.488. The van der Waals surface area contributed by atoms with Crippen LogP contribution in [0.3, 0.4) is 0 Å². The van der Waals surface area contributed by atoms with Crippen LogP contribution in [0.5, 0.6) is 0 Å². The fourth-order valence-electron chi connectivity index (χ4n) is 1.33. The summed E-state index contributed by atoms with van der Waals surface area (Å²) < 4.78 is 2.42. The number of aliphatic hydroxyl groups excluding tert-OH is 1. The second-order valence-corrected chi connectivity index (χ2v) is 3.19. The Labute approximate surface area is 86.6 Å². The summed E-state index contributed by atoms with van der Waals surface area (Å²) in [5.41, 5.74) is 4.66. The van der Waals surface area contributed by atoms with Crippen molar-refractivity contribution in [1.82, 2.24) is 9.13 Å². The third-order valence-corrected chi connectivity index (χ3v) is 2.14. The lowest BCUT2D eigenvalue weighted by Crippen LogP contribution is -2.40. The molecule has 0 amide bonds. The normalized spacial score (nSPS) is 10.5.